The first-order chi connectivity index (χ1) is 13.2. The number of rotatable bonds is 5. The topological polar surface area (TPSA) is 76.4 Å². The summed E-state index contributed by atoms with van der Waals surface area (Å²) in [6, 6.07) is 7.80. The van der Waals surface area contributed by atoms with Crippen LogP contribution < -0.4 is 5.32 Å². The minimum atomic E-state index is -0.135. The van der Waals surface area contributed by atoms with Gasteiger partial charge in [0.2, 0.25) is 0 Å². The van der Waals surface area contributed by atoms with Crippen LogP contribution in [-0.4, -0.2) is 34.0 Å². The van der Waals surface area contributed by atoms with Gasteiger partial charge in [0.05, 0.1) is 11.7 Å². The molecule has 0 bridgehead atoms. The molecule has 1 aromatic carbocycles. The molecule has 2 aromatic rings. The Morgan fingerprint density at radius 1 is 1.37 bits per heavy atom. The number of aryl methyl sites for hydroxylation is 2. The highest BCUT2D eigenvalue weighted by molar-refractivity contribution is 5.97. The van der Waals surface area contributed by atoms with Crippen LogP contribution in [0.3, 0.4) is 0 Å². The second kappa shape index (κ2) is 7.82. The van der Waals surface area contributed by atoms with Crippen LogP contribution in [0.5, 0.6) is 0 Å². The summed E-state index contributed by atoms with van der Waals surface area (Å²) < 4.78 is 7.91. The van der Waals surface area contributed by atoms with Gasteiger partial charge < -0.3 is 15.2 Å². The van der Waals surface area contributed by atoms with Gasteiger partial charge in [0, 0.05) is 24.5 Å². The lowest BCUT2D eigenvalue weighted by molar-refractivity contribution is -0.0414. The van der Waals surface area contributed by atoms with E-state index >= 15 is 0 Å². The van der Waals surface area contributed by atoms with Gasteiger partial charge in [0.1, 0.15) is 6.23 Å². The number of carbonyl (C=O) groups excluding carboxylic acids is 1. The van der Waals surface area contributed by atoms with E-state index in [0.29, 0.717) is 6.42 Å². The van der Waals surface area contributed by atoms with Gasteiger partial charge in [-0.05, 0) is 68.7 Å². The molecule has 6 heteroatoms. The van der Waals surface area contributed by atoms with Crippen molar-refractivity contribution >= 4 is 5.91 Å². The van der Waals surface area contributed by atoms with Crippen LogP contribution in [-0.2, 0) is 17.6 Å². The molecular weight excluding hydrogens is 342 g/mol. The number of nitrogens with zero attached hydrogens (tertiary/aromatic N) is 2. The minimum absolute atomic E-state index is 0.0367. The standard InChI is InChI=1S/C21H27N3O3/c1-14-6-4-8-16-17(14)13-18(22-21(16)26)19-12-15(7-5-10-25)24(23-19)20-9-2-3-11-27-20/h4,6,8,12,18,20,25H,2-3,5,7,9-11,13H2,1H3,(H,22,26). The van der Waals surface area contributed by atoms with E-state index in [9.17, 15) is 9.90 Å². The van der Waals surface area contributed by atoms with Crippen molar-refractivity contribution in [1.29, 1.82) is 0 Å². The summed E-state index contributed by atoms with van der Waals surface area (Å²) in [5.74, 6) is -0.0367. The van der Waals surface area contributed by atoms with E-state index < -0.39 is 0 Å². The maximum Gasteiger partial charge on any atom is 0.252 e. The fourth-order valence-corrected chi connectivity index (χ4v) is 4.09. The Hall–Kier alpha value is -2.18. The van der Waals surface area contributed by atoms with E-state index in [1.165, 1.54) is 0 Å². The molecule has 4 rings (SSSR count). The fourth-order valence-electron chi connectivity index (χ4n) is 4.09. The Labute approximate surface area is 159 Å². The molecule has 2 aliphatic rings. The maximum atomic E-state index is 12.6. The molecule has 0 saturated carbocycles. The second-order valence-electron chi connectivity index (χ2n) is 7.48. The van der Waals surface area contributed by atoms with Gasteiger partial charge in [-0.2, -0.15) is 5.10 Å². The fraction of sp³-hybridized carbons (Fsp3) is 0.524. The van der Waals surface area contributed by atoms with Crippen molar-refractivity contribution in [3.63, 3.8) is 0 Å². The first kappa shape index (κ1) is 18.2. The number of amides is 1. The van der Waals surface area contributed by atoms with E-state index in [-0.39, 0.29) is 24.8 Å². The van der Waals surface area contributed by atoms with E-state index in [1.807, 2.05) is 16.8 Å². The maximum absolute atomic E-state index is 12.6. The summed E-state index contributed by atoms with van der Waals surface area (Å²) in [4.78, 5) is 12.6. The predicted octanol–water partition coefficient (Wildman–Crippen LogP) is 2.84. The van der Waals surface area contributed by atoms with Gasteiger partial charge in [0.15, 0.2) is 0 Å². The van der Waals surface area contributed by atoms with E-state index in [0.717, 1.165) is 66.8 Å². The number of fused-ring (bicyclic) bond motifs is 1. The third-order valence-corrected chi connectivity index (χ3v) is 5.58. The van der Waals surface area contributed by atoms with E-state index in [1.54, 1.807) is 0 Å². The number of carbonyl (C=O) groups is 1. The molecule has 2 N–H and O–H groups in total. The van der Waals surface area contributed by atoms with Crippen LogP contribution in [0.4, 0.5) is 0 Å². The lowest BCUT2D eigenvalue weighted by Gasteiger charge is -2.26. The number of aromatic nitrogens is 2. The summed E-state index contributed by atoms with van der Waals surface area (Å²) in [6.07, 6.45) is 5.31. The summed E-state index contributed by atoms with van der Waals surface area (Å²) >= 11 is 0. The minimum Gasteiger partial charge on any atom is -0.396 e. The summed E-state index contributed by atoms with van der Waals surface area (Å²) in [5.41, 5.74) is 4.95. The summed E-state index contributed by atoms with van der Waals surface area (Å²) in [6.45, 7) is 2.96. The molecule has 27 heavy (non-hydrogen) atoms. The largest absolute Gasteiger partial charge is 0.396 e. The Kier molecular flexibility index (Phi) is 5.27. The quantitative estimate of drug-likeness (QED) is 0.850. The number of aliphatic hydroxyl groups is 1. The highest BCUT2D eigenvalue weighted by Gasteiger charge is 2.29. The average Bonchev–Trinajstić information content (AvgIpc) is 3.12. The number of aliphatic hydroxyl groups excluding tert-OH is 1. The molecule has 1 fully saturated rings. The third kappa shape index (κ3) is 3.64. The summed E-state index contributed by atoms with van der Waals surface area (Å²) in [7, 11) is 0. The van der Waals surface area contributed by atoms with Crippen molar-refractivity contribution in [2.75, 3.05) is 13.2 Å². The molecule has 0 spiro atoms. The first-order valence-electron chi connectivity index (χ1n) is 9.87. The second-order valence-corrected chi connectivity index (χ2v) is 7.48. The zero-order valence-corrected chi connectivity index (χ0v) is 15.8. The predicted molar refractivity (Wildman–Crippen MR) is 102 cm³/mol. The number of ether oxygens (including phenoxy) is 1. The van der Waals surface area contributed by atoms with E-state index in [4.69, 9.17) is 9.84 Å². The van der Waals surface area contributed by atoms with Crippen molar-refractivity contribution in [3.8, 4) is 0 Å². The van der Waals surface area contributed by atoms with Gasteiger partial charge in [-0.1, -0.05) is 12.1 Å². The molecule has 3 heterocycles. The Balaban J connectivity index is 1.64. The number of hydrogen-bond donors (Lipinski definition) is 2. The molecule has 2 atom stereocenters. The molecule has 6 nitrogen and oxygen atoms in total. The van der Waals surface area contributed by atoms with Crippen molar-refractivity contribution < 1.29 is 14.6 Å². The molecular formula is C21H27N3O3. The van der Waals surface area contributed by atoms with Crippen molar-refractivity contribution in [2.45, 2.75) is 57.7 Å². The summed E-state index contributed by atoms with van der Waals surface area (Å²) in [5, 5.41) is 17.2. The van der Waals surface area contributed by atoms with Gasteiger partial charge in [-0.15, -0.1) is 0 Å². The monoisotopic (exact) mass is 369 g/mol. The van der Waals surface area contributed by atoms with Gasteiger partial charge in [0.25, 0.3) is 5.91 Å². The SMILES string of the molecule is Cc1cccc2c1CC(c1cc(CCCO)n(C3CCCCO3)n1)NC2=O. The average molecular weight is 369 g/mol. The molecule has 1 amide bonds. The number of benzene rings is 1. The van der Waals surface area contributed by atoms with Gasteiger partial charge >= 0.3 is 0 Å². The van der Waals surface area contributed by atoms with Crippen LogP contribution >= 0.6 is 0 Å². The Morgan fingerprint density at radius 2 is 2.26 bits per heavy atom. The molecule has 2 unspecified atom stereocenters. The molecule has 0 radical (unpaired) electrons. The van der Waals surface area contributed by atoms with Crippen molar-refractivity contribution in [2.24, 2.45) is 0 Å². The number of hydrogen-bond acceptors (Lipinski definition) is 4. The molecule has 1 saturated heterocycles. The van der Waals surface area contributed by atoms with Crippen LogP contribution in [0.25, 0.3) is 0 Å². The zero-order chi connectivity index (χ0) is 18.8. The lowest BCUT2D eigenvalue weighted by Crippen LogP contribution is -2.36. The molecule has 2 aliphatic heterocycles. The van der Waals surface area contributed by atoms with Crippen LogP contribution in [0.15, 0.2) is 24.3 Å². The normalized spacial score (nSPS) is 22.4. The molecule has 144 valence electrons. The van der Waals surface area contributed by atoms with E-state index in [2.05, 4.69) is 24.4 Å². The Morgan fingerprint density at radius 3 is 3.04 bits per heavy atom. The number of nitrogens with one attached hydrogen (secondary N) is 1. The zero-order valence-electron chi connectivity index (χ0n) is 15.8. The van der Waals surface area contributed by atoms with Crippen molar-refractivity contribution in [1.82, 2.24) is 15.1 Å². The first-order valence-corrected chi connectivity index (χ1v) is 9.87. The van der Waals surface area contributed by atoms with Gasteiger partial charge in [-0.3, -0.25) is 4.79 Å². The lowest BCUT2D eigenvalue weighted by atomic mass is 9.90. The highest BCUT2D eigenvalue weighted by atomic mass is 16.5. The van der Waals surface area contributed by atoms with Crippen LogP contribution in [0, 0.1) is 6.92 Å². The highest BCUT2D eigenvalue weighted by Crippen LogP contribution is 2.30. The molecule has 0 aliphatic carbocycles. The third-order valence-electron chi connectivity index (χ3n) is 5.58. The van der Waals surface area contributed by atoms with Gasteiger partial charge in [-0.25, -0.2) is 4.68 Å². The van der Waals surface area contributed by atoms with Crippen molar-refractivity contribution in [3.05, 3.63) is 52.3 Å². The van der Waals surface area contributed by atoms with Crippen LogP contribution in [0.1, 0.15) is 70.8 Å². The van der Waals surface area contributed by atoms with Crippen LogP contribution in [0.2, 0.25) is 0 Å². The Bertz CT molecular complexity index is 824. The smallest absolute Gasteiger partial charge is 0.252 e. The molecule has 1 aromatic heterocycles.